The molecule has 0 aromatic heterocycles. The maximum absolute atomic E-state index is 14.0. The molecule has 296 valence electrons. The van der Waals surface area contributed by atoms with E-state index in [1.807, 2.05) is 13.8 Å². The van der Waals surface area contributed by atoms with Gasteiger partial charge in [0.1, 0.15) is 11.6 Å². The molecule has 0 bridgehead atoms. The molecule has 6 aliphatic carbocycles. The molecule has 2 amide bonds. The zero-order valence-corrected chi connectivity index (χ0v) is 34.2. The van der Waals surface area contributed by atoms with Gasteiger partial charge >= 0.3 is 18.0 Å². The smallest absolute Gasteiger partial charge is 0.407 e. The standard InChI is InChI=1S/C43H66N2O8/c1-12-52-37(51)45-39(7,8)36(50)44-43-20-19-41(10)26(33(43)32(23(2)3)29(46)22-43)13-14-31-40(9)17-16-30(24(4)25(40)15-18-42(31,41)11)53-35(49)28-21-27(34(47)48)38(28,5)6/h23-28,30-31H,12-22H2,1-11H3,(H,44,50)(H,45,51)(H,47,48)/t24-,25?,26-,27+,28-,30+,31?,40+,41-,42-,43-/m1/s1. The lowest BCUT2D eigenvalue weighted by Crippen LogP contribution is -2.67. The molecule has 0 aromatic rings. The lowest BCUT2D eigenvalue weighted by Gasteiger charge is -2.71. The molecular weight excluding hydrogens is 672 g/mol. The van der Waals surface area contributed by atoms with E-state index in [1.165, 1.54) is 0 Å². The van der Waals surface area contributed by atoms with Crippen LogP contribution in [-0.2, 0) is 28.7 Å². The summed E-state index contributed by atoms with van der Waals surface area (Å²) in [6.07, 6.45) is 7.24. The van der Waals surface area contributed by atoms with Crippen LogP contribution in [0.3, 0.4) is 0 Å². The number of carboxylic acids is 1. The topological polar surface area (TPSA) is 148 Å². The molecule has 6 rings (SSSR count). The molecule has 2 unspecified atom stereocenters. The number of Topliss-reactive ketones (excluding diaryl/α,β-unsaturated/α-hetero) is 1. The molecule has 0 spiro atoms. The summed E-state index contributed by atoms with van der Waals surface area (Å²) in [5.41, 5.74) is -0.585. The highest BCUT2D eigenvalue weighted by Gasteiger charge is 2.69. The van der Waals surface area contributed by atoms with Crippen LogP contribution in [0.5, 0.6) is 0 Å². The van der Waals surface area contributed by atoms with E-state index in [2.05, 4.69) is 52.2 Å². The third-order valence-corrected chi connectivity index (χ3v) is 16.7. The first kappa shape index (κ1) is 39.8. The van der Waals surface area contributed by atoms with Crippen molar-refractivity contribution in [3.05, 3.63) is 11.1 Å². The zero-order valence-electron chi connectivity index (χ0n) is 34.2. The van der Waals surface area contributed by atoms with Gasteiger partial charge in [-0.15, -0.1) is 0 Å². The van der Waals surface area contributed by atoms with Crippen LogP contribution in [0, 0.1) is 63.1 Å². The number of carboxylic acid groups (broad SMARTS) is 1. The SMILES string of the molecule is CCOC(=O)NC(C)(C)C(=O)N[C@@]12CC[C@]3(C)[C@H](CCC4[C@@]5(C)CC[C@H](OC(=O)[C@H]6C[C@@H](C(=O)O)C6(C)C)[C@H](C)C5CC[C@]43C)C1=C(C(C)C)C(=O)C2. The quantitative estimate of drug-likeness (QED) is 0.216. The molecule has 10 nitrogen and oxygen atoms in total. The summed E-state index contributed by atoms with van der Waals surface area (Å²) >= 11 is 0. The van der Waals surface area contributed by atoms with Crippen LogP contribution < -0.4 is 10.6 Å². The van der Waals surface area contributed by atoms with Gasteiger partial charge < -0.3 is 25.2 Å². The van der Waals surface area contributed by atoms with Crippen molar-refractivity contribution in [2.24, 2.45) is 63.1 Å². The van der Waals surface area contributed by atoms with Gasteiger partial charge in [-0.1, -0.05) is 55.4 Å². The highest BCUT2D eigenvalue weighted by molar-refractivity contribution is 6.03. The molecule has 10 heteroatoms. The average molecular weight is 739 g/mol. The van der Waals surface area contributed by atoms with Gasteiger partial charge in [0.15, 0.2) is 5.78 Å². The van der Waals surface area contributed by atoms with E-state index in [0.717, 1.165) is 56.1 Å². The number of amides is 2. The second-order valence-electron chi connectivity index (χ2n) is 20.1. The van der Waals surface area contributed by atoms with Crippen molar-refractivity contribution in [2.75, 3.05) is 6.61 Å². The fourth-order valence-corrected chi connectivity index (χ4v) is 13.3. The highest BCUT2D eigenvalue weighted by Crippen LogP contribution is 2.75. The summed E-state index contributed by atoms with van der Waals surface area (Å²) < 4.78 is 11.4. The summed E-state index contributed by atoms with van der Waals surface area (Å²) in [6.45, 7) is 23.0. The number of ether oxygens (including phenoxy) is 2. The van der Waals surface area contributed by atoms with Crippen LogP contribution in [0.2, 0.25) is 0 Å². The van der Waals surface area contributed by atoms with E-state index < -0.39 is 34.5 Å². The number of esters is 1. The lowest BCUT2D eigenvalue weighted by molar-refractivity contribution is -0.217. The minimum Gasteiger partial charge on any atom is -0.481 e. The second-order valence-corrected chi connectivity index (χ2v) is 20.1. The van der Waals surface area contributed by atoms with Crippen molar-refractivity contribution in [3.63, 3.8) is 0 Å². The molecule has 6 aliphatic rings. The van der Waals surface area contributed by atoms with Crippen LogP contribution in [0.4, 0.5) is 4.79 Å². The van der Waals surface area contributed by atoms with Gasteiger partial charge in [0.2, 0.25) is 5.91 Å². The molecule has 0 heterocycles. The third-order valence-electron chi connectivity index (χ3n) is 16.7. The van der Waals surface area contributed by atoms with E-state index >= 15 is 0 Å². The van der Waals surface area contributed by atoms with Crippen molar-refractivity contribution < 1.29 is 38.6 Å². The highest BCUT2D eigenvalue weighted by atomic mass is 16.6. The molecule has 0 saturated heterocycles. The Labute approximate surface area is 316 Å². The van der Waals surface area contributed by atoms with Crippen LogP contribution in [0.15, 0.2) is 11.1 Å². The van der Waals surface area contributed by atoms with Gasteiger partial charge in [-0.25, -0.2) is 4.79 Å². The predicted octanol–water partition coefficient (Wildman–Crippen LogP) is 7.63. The van der Waals surface area contributed by atoms with Gasteiger partial charge in [-0.3, -0.25) is 19.2 Å². The van der Waals surface area contributed by atoms with Gasteiger partial charge in [0, 0.05) is 6.42 Å². The van der Waals surface area contributed by atoms with Gasteiger partial charge in [0.05, 0.1) is 24.0 Å². The number of fused-ring (bicyclic) bond motifs is 7. The van der Waals surface area contributed by atoms with Crippen molar-refractivity contribution in [1.29, 1.82) is 0 Å². The van der Waals surface area contributed by atoms with E-state index in [1.54, 1.807) is 20.8 Å². The predicted molar refractivity (Wildman–Crippen MR) is 200 cm³/mol. The number of carbonyl (C=O) groups excluding carboxylic acids is 4. The number of ketones is 1. The lowest BCUT2D eigenvalue weighted by atomic mass is 9.34. The van der Waals surface area contributed by atoms with E-state index in [-0.39, 0.29) is 76.7 Å². The van der Waals surface area contributed by atoms with E-state index in [0.29, 0.717) is 24.7 Å². The molecule has 3 N–H and O–H groups in total. The summed E-state index contributed by atoms with van der Waals surface area (Å²) in [5, 5.41) is 15.7. The Morgan fingerprint density at radius 2 is 1.60 bits per heavy atom. The fourth-order valence-electron chi connectivity index (χ4n) is 13.3. The summed E-state index contributed by atoms with van der Waals surface area (Å²) in [6, 6.07) is 0. The third kappa shape index (κ3) is 5.88. The Morgan fingerprint density at radius 3 is 2.21 bits per heavy atom. The Hall–Kier alpha value is -2.91. The molecule has 11 atom stereocenters. The van der Waals surface area contributed by atoms with Crippen molar-refractivity contribution in [2.45, 2.75) is 158 Å². The second kappa shape index (κ2) is 13.1. The van der Waals surface area contributed by atoms with Crippen LogP contribution in [-0.4, -0.2) is 58.6 Å². The van der Waals surface area contributed by atoms with Crippen molar-refractivity contribution >= 4 is 29.7 Å². The Kier molecular flexibility index (Phi) is 9.83. The van der Waals surface area contributed by atoms with E-state index in [9.17, 15) is 29.1 Å². The zero-order chi connectivity index (χ0) is 39.3. The number of hydrogen-bond acceptors (Lipinski definition) is 7. The summed E-state index contributed by atoms with van der Waals surface area (Å²) in [7, 11) is 0. The van der Waals surface area contributed by atoms with Crippen LogP contribution in [0.25, 0.3) is 0 Å². The summed E-state index contributed by atoms with van der Waals surface area (Å²) in [4.78, 5) is 65.5. The Bertz CT molecular complexity index is 1600. The van der Waals surface area contributed by atoms with Gasteiger partial charge in [-0.2, -0.15) is 0 Å². The molecule has 53 heavy (non-hydrogen) atoms. The first-order valence-electron chi connectivity index (χ1n) is 20.5. The maximum Gasteiger partial charge on any atom is 0.407 e. The maximum atomic E-state index is 14.0. The normalized spacial score (nSPS) is 41.6. The van der Waals surface area contributed by atoms with Gasteiger partial charge in [-0.05, 0) is 141 Å². The monoisotopic (exact) mass is 738 g/mol. The van der Waals surface area contributed by atoms with Crippen LogP contribution in [0.1, 0.15) is 140 Å². The number of allylic oxidation sites excluding steroid dienone is 1. The Morgan fingerprint density at radius 1 is 0.925 bits per heavy atom. The van der Waals surface area contributed by atoms with Crippen molar-refractivity contribution in [3.8, 4) is 0 Å². The van der Waals surface area contributed by atoms with Crippen molar-refractivity contribution in [1.82, 2.24) is 10.6 Å². The van der Waals surface area contributed by atoms with E-state index in [4.69, 9.17) is 9.47 Å². The molecular formula is C43H66N2O8. The Balaban J connectivity index is 1.25. The van der Waals surface area contributed by atoms with Crippen LogP contribution >= 0.6 is 0 Å². The number of aliphatic carboxylic acids is 1. The first-order valence-corrected chi connectivity index (χ1v) is 20.5. The number of carbonyl (C=O) groups is 5. The molecule has 0 aliphatic heterocycles. The first-order chi connectivity index (χ1) is 24.5. The minimum absolute atomic E-state index is 0.00777. The average Bonchev–Trinajstić information content (AvgIpc) is 3.33. The number of nitrogens with one attached hydrogen (secondary N) is 2. The summed E-state index contributed by atoms with van der Waals surface area (Å²) in [5.74, 6) is -0.911. The molecule has 5 fully saturated rings. The number of rotatable bonds is 8. The number of alkyl carbamates (subject to hydrolysis) is 1. The minimum atomic E-state index is -1.23. The molecule has 5 saturated carbocycles. The number of hydrogen-bond donors (Lipinski definition) is 3. The van der Waals surface area contributed by atoms with Gasteiger partial charge in [0.25, 0.3) is 0 Å². The fraction of sp³-hybridized carbons (Fsp3) is 0.837. The largest absolute Gasteiger partial charge is 0.481 e. The molecule has 0 radical (unpaired) electrons. The molecule has 0 aromatic carbocycles.